The summed E-state index contributed by atoms with van der Waals surface area (Å²) in [6, 6.07) is 5.39. The second-order valence-electron chi connectivity index (χ2n) is 14.3. The largest absolute Gasteiger partial charge is 0.379 e. The molecule has 6 nitrogen and oxygen atoms in total. The second-order valence-corrected chi connectivity index (χ2v) is 14.3. The summed E-state index contributed by atoms with van der Waals surface area (Å²) in [5.74, 6) is 4.78. The number of likely N-dealkylation sites (N-methyl/N-ethyl adjacent to an activating group) is 1. The van der Waals surface area contributed by atoms with Crippen LogP contribution >= 0.6 is 0 Å². The average Bonchev–Trinajstić information content (AvgIpc) is 3.30. The fourth-order valence-corrected chi connectivity index (χ4v) is 9.97. The number of hydrazine groups is 1. The van der Waals surface area contributed by atoms with Crippen molar-refractivity contribution in [3.05, 3.63) is 0 Å². The van der Waals surface area contributed by atoms with Crippen LogP contribution in [-0.2, 0) is 4.74 Å². The number of nitriles is 1. The normalized spacial score (nSPS) is 46.1. The molecule has 208 valence electrons. The molecule has 3 heterocycles. The molecule has 6 aliphatic rings. The van der Waals surface area contributed by atoms with E-state index in [4.69, 9.17) is 4.74 Å². The van der Waals surface area contributed by atoms with Crippen molar-refractivity contribution in [2.45, 2.75) is 109 Å². The topological polar surface area (TPSA) is 63.6 Å². The van der Waals surface area contributed by atoms with Crippen LogP contribution in [0.2, 0.25) is 0 Å². The molecular formula is C31H53N5O. The van der Waals surface area contributed by atoms with Gasteiger partial charge in [-0.2, -0.15) is 5.26 Å². The molecule has 0 aromatic rings. The van der Waals surface area contributed by atoms with Crippen molar-refractivity contribution in [1.29, 1.82) is 5.26 Å². The van der Waals surface area contributed by atoms with Crippen LogP contribution in [0.5, 0.6) is 0 Å². The Bertz CT molecular complexity index is 813. The lowest BCUT2D eigenvalue weighted by Gasteiger charge is -2.51. The Kier molecular flexibility index (Phi) is 7.91. The summed E-state index contributed by atoms with van der Waals surface area (Å²) in [6.45, 7) is 9.62. The van der Waals surface area contributed by atoms with Gasteiger partial charge in [0.15, 0.2) is 0 Å². The van der Waals surface area contributed by atoms with Crippen molar-refractivity contribution in [2.24, 2.45) is 40.9 Å². The van der Waals surface area contributed by atoms with Crippen molar-refractivity contribution in [2.75, 3.05) is 39.9 Å². The number of ether oxygens (including phenoxy) is 1. The Balaban J connectivity index is 1.13. The summed E-state index contributed by atoms with van der Waals surface area (Å²) >= 11 is 0. The predicted molar refractivity (Wildman–Crippen MR) is 148 cm³/mol. The number of morpholine rings is 1. The van der Waals surface area contributed by atoms with Gasteiger partial charge in [-0.05, 0) is 107 Å². The second kappa shape index (κ2) is 11.0. The van der Waals surface area contributed by atoms with E-state index in [1.54, 1.807) is 0 Å². The predicted octanol–water partition coefficient (Wildman–Crippen LogP) is 4.43. The Morgan fingerprint density at radius 2 is 1.62 bits per heavy atom. The van der Waals surface area contributed by atoms with Crippen LogP contribution in [0.3, 0.4) is 0 Å². The third kappa shape index (κ3) is 5.25. The molecule has 3 saturated carbocycles. The molecule has 8 unspecified atom stereocenters. The zero-order valence-electron chi connectivity index (χ0n) is 23.8. The molecule has 3 aliphatic carbocycles. The lowest BCUT2D eigenvalue weighted by atomic mass is 9.59. The van der Waals surface area contributed by atoms with E-state index in [2.05, 4.69) is 47.6 Å². The number of nitrogens with one attached hydrogen (secondary N) is 2. The minimum atomic E-state index is -0.178. The van der Waals surface area contributed by atoms with Gasteiger partial charge >= 0.3 is 0 Å². The smallest absolute Gasteiger partial charge is 0.0686 e. The van der Waals surface area contributed by atoms with Gasteiger partial charge in [0.25, 0.3) is 0 Å². The molecule has 6 heteroatoms. The highest BCUT2D eigenvalue weighted by Crippen LogP contribution is 2.50. The molecule has 6 rings (SSSR count). The monoisotopic (exact) mass is 511 g/mol. The zero-order valence-corrected chi connectivity index (χ0v) is 23.8. The maximum absolute atomic E-state index is 9.68. The van der Waals surface area contributed by atoms with E-state index in [1.165, 1.54) is 70.6 Å². The Morgan fingerprint density at radius 1 is 0.892 bits per heavy atom. The van der Waals surface area contributed by atoms with Crippen LogP contribution in [0, 0.1) is 52.3 Å². The minimum Gasteiger partial charge on any atom is -0.379 e. The van der Waals surface area contributed by atoms with Crippen LogP contribution in [0.1, 0.15) is 84.5 Å². The first kappa shape index (κ1) is 26.5. The van der Waals surface area contributed by atoms with E-state index in [9.17, 15) is 5.26 Å². The molecule has 37 heavy (non-hydrogen) atoms. The van der Waals surface area contributed by atoms with Crippen molar-refractivity contribution in [3.8, 4) is 6.07 Å². The van der Waals surface area contributed by atoms with Gasteiger partial charge in [0.2, 0.25) is 0 Å². The minimum absolute atomic E-state index is 0.178. The molecule has 0 aromatic carbocycles. The maximum Gasteiger partial charge on any atom is 0.0686 e. The molecule has 3 aliphatic heterocycles. The summed E-state index contributed by atoms with van der Waals surface area (Å²) < 4.78 is 5.66. The van der Waals surface area contributed by atoms with E-state index >= 15 is 0 Å². The van der Waals surface area contributed by atoms with Crippen molar-refractivity contribution in [1.82, 2.24) is 20.7 Å². The number of piperidine rings is 1. The average molecular weight is 512 g/mol. The summed E-state index contributed by atoms with van der Waals surface area (Å²) in [4.78, 5) is 2.76. The van der Waals surface area contributed by atoms with E-state index in [0.717, 1.165) is 74.5 Å². The first-order valence-corrected chi connectivity index (χ1v) is 15.9. The fraction of sp³-hybridized carbons (Fsp3) is 0.968. The van der Waals surface area contributed by atoms with Crippen LogP contribution in [0.15, 0.2) is 0 Å². The van der Waals surface area contributed by atoms with Crippen LogP contribution < -0.4 is 10.7 Å². The summed E-state index contributed by atoms with van der Waals surface area (Å²) in [5, 5.41) is 16.2. The Hall–Kier alpha value is -0.710. The van der Waals surface area contributed by atoms with Crippen molar-refractivity contribution in [3.63, 3.8) is 0 Å². The molecule has 8 atom stereocenters. The van der Waals surface area contributed by atoms with Gasteiger partial charge in [0.1, 0.15) is 0 Å². The molecule has 2 N–H and O–H groups in total. The zero-order chi connectivity index (χ0) is 25.6. The van der Waals surface area contributed by atoms with Gasteiger partial charge in [-0.1, -0.05) is 12.8 Å². The van der Waals surface area contributed by atoms with E-state index in [1.807, 2.05) is 0 Å². The summed E-state index contributed by atoms with van der Waals surface area (Å²) in [6.07, 6.45) is 15.0. The van der Waals surface area contributed by atoms with Crippen molar-refractivity contribution >= 4 is 0 Å². The molecule has 0 radical (unpaired) electrons. The SMILES string of the molecule is CN1NC(C2CCC(C(C)(C)C#N)CC2)C2C3CC(C4CCCC(N5CCOCC5)C4)CCC3NCC21. The highest BCUT2D eigenvalue weighted by molar-refractivity contribution is 5.08. The first-order chi connectivity index (χ1) is 17.9. The summed E-state index contributed by atoms with van der Waals surface area (Å²) in [7, 11) is 2.30. The van der Waals surface area contributed by atoms with E-state index in [0.29, 0.717) is 18.0 Å². The number of rotatable bonds is 4. The third-order valence-corrected chi connectivity index (χ3v) is 12.2. The van der Waals surface area contributed by atoms with Gasteiger partial charge in [-0.25, -0.2) is 5.01 Å². The van der Waals surface area contributed by atoms with Crippen molar-refractivity contribution < 1.29 is 4.74 Å². The molecule has 0 amide bonds. The third-order valence-electron chi connectivity index (χ3n) is 12.2. The van der Waals surface area contributed by atoms with Gasteiger partial charge in [-0.3, -0.25) is 10.3 Å². The Labute approximate surface area is 226 Å². The van der Waals surface area contributed by atoms with Gasteiger partial charge in [0.05, 0.1) is 24.7 Å². The molecular weight excluding hydrogens is 458 g/mol. The maximum atomic E-state index is 9.68. The fourth-order valence-electron chi connectivity index (χ4n) is 9.97. The quantitative estimate of drug-likeness (QED) is 0.582. The molecule has 0 aromatic heterocycles. The van der Waals surface area contributed by atoms with Gasteiger partial charge in [0, 0.05) is 50.8 Å². The lowest BCUT2D eigenvalue weighted by molar-refractivity contribution is -0.0102. The Morgan fingerprint density at radius 3 is 2.38 bits per heavy atom. The first-order valence-electron chi connectivity index (χ1n) is 15.9. The molecule has 0 spiro atoms. The number of fused-ring (bicyclic) bond motifs is 3. The molecule has 3 saturated heterocycles. The number of nitrogens with zero attached hydrogens (tertiary/aromatic N) is 3. The summed E-state index contributed by atoms with van der Waals surface area (Å²) in [5.41, 5.74) is 3.84. The standard InChI is InChI=1S/C31H53N5O/c1-31(2,20-32)24-10-7-21(8-11-24)30-29-26-18-23(9-12-27(26)33-19-28(29)35(3)34-30)22-5-4-6-25(17-22)36-13-15-37-16-14-36/h21-30,33-34H,4-19H2,1-3H3. The highest BCUT2D eigenvalue weighted by atomic mass is 16.5. The number of hydrogen-bond donors (Lipinski definition) is 2. The number of hydrogen-bond acceptors (Lipinski definition) is 6. The van der Waals surface area contributed by atoms with E-state index in [-0.39, 0.29) is 5.41 Å². The van der Waals surface area contributed by atoms with Crippen LogP contribution in [0.4, 0.5) is 0 Å². The van der Waals surface area contributed by atoms with Crippen LogP contribution in [-0.4, -0.2) is 74.0 Å². The molecule has 6 fully saturated rings. The van der Waals surface area contributed by atoms with E-state index < -0.39 is 0 Å². The van der Waals surface area contributed by atoms with Gasteiger partial charge in [-0.15, -0.1) is 0 Å². The lowest BCUT2D eigenvalue weighted by Crippen LogP contribution is -2.59. The highest BCUT2D eigenvalue weighted by Gasteiger charge is 2.54. The van der Waals surface area contributed by atoms with Gasteiger partial charge < -0.3 is 10.1 Å². The molecule has 0 bridgehead atoms. The van der Waals surface area contributed by atoms with Crippen LogP contribution in [0.25, 0.3) is 0 Å².